The maximum Gasteiger partial charge on any atom is 0.337 e. The third-order valence-electron chi connectivity index (χ3n) is 2.38. The first kappa shape index (κ1) is 13.3. The van der Waals surface area contributed by atoms with Crippen LogP contribution in [-0.4, -0.2) is 19.2 Å². The van der Waals surface area contributed by atoms with Gasteiger partial charge in [0.1, 0.15) is 11.9 Å². The monoisotopic (exact) mass is 234 g/mol. The number of carbonyl (C=O) groups is 1. The largest absolute Gasteiger partial charge is 0.486 e. The van der Waals surface area contributed by atoms with Crippen LogP contribution in [0.1, 0.15) is 30.1 Å². The summed E-state index contributed by atoms with van der Waals surface area (Å²) in [6.07, 6.45) is 3.68. The number of esters is 1. The molecule has 1 aromatic rings. The molecule has 0 spiro atoms. The molecule has 17 heavy (non-hydrogen) atoms. The molecule has 0 amide bonds. The Bertz CT molecular complexity index is 385. The smallest absolute Gasteiger partial charge is 0.337 e. The first-order valence-corrected chi connectivity index (χ1v) is 5.68. The lowest BCUT2D eigenvalue weighted by atomic mass is 10.2. The molecule has 0 saturated heterocycles. The van der Waals surface area contributed by atoms with Crippen molar-refractivity contribution >= 4 is 5.97 Å². The van der Waals surface area contributed by atoms with E-state index in [1.54, 1.807) is 24.3 Å². The van der Waals surface area contributed by atoms with Crippen molar-refractivity contribution in [3.8, 4) is 5.75 Å². The number of carbonyl (C=O) groups excluding carboxylic acids is 1. The number of methoxy groups -OCH3 is 1. The number of hydrogen-bond acceptors (Lipinski definition) is 3. The van der Waals surface area contributed by atoms with E-state index in [4.69, 9.17) is 4.74 Å². The third kappa shape index (κ3) is 3.94. The summed E-state index contributed by atoms with van der Waals surface area (Å²) in [5, 5.41) is 0. The highest BCUT2D eigenvalue weighted by atomic mass is 16.5. The topological polar surface area (TPSA) is 35.5 Å². The molecule has 92 valence electrons. The van der Waals surface area contributed by atoms with Crippen LogP contribution in [0.5, 0.6) is 5.75 Å². The SMILES string of the molecule is C=C[C@@H](CCC)Oc1cccc(C(=O)OC)c1. The quantitative estimate of drug-likeness (QED) is 0.560. The second-order valence-corrected chi connectivity index (χ2v) is 3.70. The van der Waals surface area contributed by atoms with Gasteiger partial charge >= 0.3 is 5.97 Å². The van der Waals surface area contributed by atoms with Crippen LogP contribution in [0.2, 0.25) is 0 Å². The van der Waals surface area contributed by atoms with Gasteiger partial charge in [-0.3, -0.25) is 0 Å². The van der Waals surface area contributed by atoms with Gasteiger partial charge in [0, 0.05) is 0 Å². The fourth-order valence-electron chi connectivity index (χ4n) is 1.50. The van der Waals surface area contributed by atoms with E-state index < -0.39 is 0 Å². The highest BCUT2D eigenvalue weighted by Gasteiger charge is 2.09. The molecule has 0 aliphatic rings. The fraction of sp³-hybridized carbons (Fsp3) is 0.357. The van der Waals surface area contributed by atoms with Crippen molar-refractivity contribution in [1.82, 2.24) is 0 Å². The minimum absolute atomic E-state index is 0.0205. The Morgan fingerprint density at radius 1 is 1.53 bits per heavy atom. The molecule has 0 N–H and O–H groups in total. The van der Waals surface area contributed by atoms with Crippen molar-refractivity contribution in [2.75, 3.05) is 7.11 Å². The predicted molar refractivity (Wildman–Crippen MR) is 67.3 cm³/mol. The predicted octanol–water partition coefficient (Wildman–Crippen LogP) is 3.21. The molecule has 0 fully saturated rings. The van der Waals surface area contributed by atoms with E-state index in [0.717, 1.165) is 12.8 Å². The van der Waals surface area contributed by atoms with E-state index in [1.165, 1.54) is 7.11 Å². The summed E-state index contributed by atoms with van der Waals surface area (Å²) in [5.41, 5.74) is 0.490. The molecule has 1 atom stereocenters. The zero-order valence-electron chi connectivity index (χ0n) is 10.3. The Labute approximate surface area is 102 Å². The molecule has 1 aromatic carbocycles. The van der Waals surface area contributed by atoms with Gasteiger partial charge in [-0.15, -0.1) is 0 Å². The maximum atomic E-state index is 11.3. The number of ether oxygens (including phenoxy) is 2. The lowest BCUT2D eigenvalue weighted by Crippen LogP contribution is -2.13. The van der Waals surface area contributed by atoms with Crippen LogP contribution in [-0.2, 0) is 4.74 Å². The Hall–Kier alpha value is -1.77. The average Bonchev–Trinajstić information content (AvgIpc) is 2.37. The summed E-state index contributed by atoms with van der Waals surface area (Å²) < 4.78 is 10.4. The summed E-state index contributed by atoms with van der Waals surface area (Å²) in [6, 6.07) is 6.96. The van der Waals surface area contributed by atoms with E-state index in [0.29, 0.717) is 11.3 Å². The van der Waals surface area contributed by atoms with Crippen LogP contribution < -0.4 is 4.74 Å². The average molecular weight is 234 g/mol. The molecular weight excluding hydrogens is 216 g/mol. The van der Waals surface area contributed by atoms with Crippen LogP contribution >= 0.6 is 0 Å². The molecule has 0 saturated carbocycles. The van der Waals surface area contributed by atoms with Gasteiger partial charge < -0.3 is 9.47 Å². The van der Waals surface area contributed by atoms with Crippen molar-refractivity contribution in [1.29, 1.82) is 0 Å². The lowest BCUT2D eigenvalue weighted by Gasteiger charge is -2.14. The van der Waals surface area contributed by atoms with Gasteiger partial charge in [0.25, 0.3) is 0 Å². The van der Waals surface area contributed by atoms with Gasteiger partial charge in [-0.1, -0.05) is 32.1 Å². The minimum atomic E-state index is -0.360. The van der Waals surface area contributed by atoms with Gasteiger partial charge in [0.15, 0.2) is 0 Å². The summed E-state index contributed by atoms with van der Waals surface area (Å²) in [4.78, 5) is 11.3. The second kappa shape index (κ2) is 6.74. The van der Waals surface area contributed by atoms with Crippen molar-refractivity contribution < 1.29 is 14.3 Å². The molecule has 0 unspecified atom stereocenters. The molecule has 0 aliphatic heterocycles. The highest BCUT2D eigenvalue weighted by Crippen LogP contribution is 2.17. The number of benzene rings is 1. The van der Waals surface area contributed by atoms with Crippen molar-refractivity contribution in [2.45, 2.75) is 25.9 Å². The number of hydrogen-bond donors (Lipinski definition) is 0. The van der Waals surface area contributed by atoms with Crippen molar-refractivity contribution in [3.63, 3.8) is 0 Å². The molecule has 3 heteroatoms. The van der Waals surface area contributed by atoms with Gasteiger partial charge in [-0.05, 0) is 24.6 Å². The summed E-state index contributed by atoms with van der Waals surface area (Å²) in [5.74, 6) is 0.298. The Kier molecular flexibility index (Phi) is 5.27. The van der Waals surface area contributed by atoms with E-state index in [-0.39, 0.29) is 12.1 Å². The van der Waals surface area contributed by atoms with Gasteiger partial charge in [0.2, 0.25) is 0 Å². The molecule has 0 aliphatic carbocycles. The summed E-state index contributed by atoms with van der Waals surface area (Å²) in [7, 11) is 1.36. The highest BCUT2D eigenvalue weighted by molar-refractivity contribution is 5.89. The van der Waals surface area contributed by atoms with E-state index in [1.807, 2.05) is 6.07 Å². The molecule has 0 bridgehead atoms. The van der Waals surface area contributed by atoms with Crippen molar-refractivity contribution in [3.05, 3.63) is 42.5 Å². The molecule has 1 rings (SSSR count). The molecule has 0 radical (unpaired) electrons. The Morgan fingerprint density at radius 2 is 2.29 bits per heavy atom. The first-order chi connectivity index (χ1) is 8.21. The summed E-state index contributed by atoms with van der Waals surface area (Å²) >= 11 is 0. The Morgan fingerprint density at radius 3 is 2.88 bits per heavy atom. The van der Waals surface area contributed by atoms with Crippen LogP contribution in [0.25, 0.3) is 0 Å². The lowest BCUT2D eigenvalue weighted by molar-refractivity contribution is 0.0600. The Balaban J connectivity index is 2.77. The zero-order chi connectivity index (χ0) is 12.7. The van der Waals surface area contributed by atoms with Gasteiger partial charge in [-0.2, -0.15) is 0 Å². The van der Waals surface area contributed by atoms with Crippen LogP contribution in [0.4, 0.5) is 0 Å². The standard InChI is InChI=1S/C14H18O3/c1-4-7-12(5-2)17-13-9-6-8-11(10-13)14(15)16-3/h5-6,8-10,12H,2,4,7H2,1,3H3/t12-/m0/s1. The zero-order valence-corrected chi connectivity index (χ0v) is 10.3. The van der Waals surface area contributed by atoms with Gasteiger partial charge in [0.05, 0.1) is 12.7 Å². The molecule has 0 heterocycles. The molecule has 3 nitrogen and oxygen atoms in total. The van der Waals surface area contributed by atoms with Crippen LogP contribution in [0.15, 0.2) is 36.9 Å². The maximum absolute atomic E-state index is 11.3. The van der Waals surface area contributed by atoms with Crippen LogP contribution in [0.3, 0.4) is 0 Å². The first-order valence-electron chi connectivity index (χ1n) is 5.68. The minimum Gasteiger partial charge on any atom is -0.486 e. The van der Waals surface area contributed by atoms with Crippen molar-refractivity contribution in [2.24, 2.45) is 0 Å². The third-order valence-corrected chi connectivity index (χ3v) is 2.38. The van der Waals surface area contributed by atoms with Crippen LogP contribution in [0, 0.1) is 0 Å². The number of rotatable bonds is 6. The van der Waals surface area contributed by atoms with E-state index in [9.17, 15) is 4.79 Å². The summed E-state index contributed by atoms with van der Waals surface area (Å²) in [6.45, 7) is 5.82. The van der Waals surface area contributed by atoms with E-state index in [2.05, 4.69) is 18.2 Å². The van der Waals surface area contributed by atoms with E-state index >= 15 is 0 Å². The normalized spacial score (nSPS) is 11.6. The fourth-order valence-corrected chi connectivity index (χ4v) is 1.50. The molecule has 0 aromatic heterocycles. The molecular formula is C14H18O3. The second-order valence-electron chi connectivity index (χ2n) is 3.70. The van der Waals surface area contributed by atoms with Gasteiger partial charge in [-0.25, -0.2) is 4.79 Å².